The lowest BCUT2D eigenvalue weighted by Crippen LogP contribution is -2.41. The number of nitrogens with two attached hydrogens (primary N) is 1. The SMILES string of the molecule is CC1(C)CC(NC(=O)c2ccccc2Cl)c2cc(N)ccc2O1.Cl. The van der Waals surface area contributed by atoms with Gasteiger partial charge in [0.05, 0.1) is 16.6 Å². The smallest absolute Gasteiger partial charge is 0.253 e. The molecule has 128 valence electrons. The molecule has 0 aliphatic carbocycles. The molecule has 0 radical (unpaired) electrons. The predicted molar refractivity (Wildman–Crippen MR) is 99.1 cm³/mol. The van der Waals surface area contributed by atoms with Crippen LogP contribution in [0.15, 0.2) is 42.5 Å². The molecule has 3 N–H and O–H groups in total. The summed E-state index contributed by atoms with van der Waals surface area (Å²) in [6.07, 6.45) is 0.652. The molecule has 1 aliphatic heterocycles. The number of anilines is 1. The van der Waals surface area contributed by atoms with Crippen LogP contribution in [0.25, 0.3) is 0 Å². The summed E-state index contributed by atoms with van der Waals surface area (Å²) in [4.78, 5) is 12.6. The van der Waals surface area contributed by atoms with E-state index in [1.54, 1.807) is 30.3 Å². The predicted octanol–water partition coefficient (Wildman–Crippen LogP) is 4.38. The summed E-state index contributed by atoms with van der Waals surface area (Å²) in [5, 5.41) is 3.49. The normalized spacial score (nSPS) is 17.9. The molecule has 3 rings (SSSR count). The van der Waals surface area contributed by atoms with Gasteiger partial charge in [0.2, 0.25) is 0 Å². The standard InChI is InChI=1S/C18H19ClN2O2.ClH/c1-18(2)10-15(13-9-11(20)7-8-16(13)23-18)21-17(22)12-5-3-4-6-14(12)19;/h3-9,15H,10,20H2,1-2H3,(H,21,22);1H. The largest absolute Gasteiger partial charge is 0.487 e. The van der Waals surface area contributed by atoms with Gasteiger partial charge >= 0.3 is 0 Å². The highest BCUT2D eigenvalue weighted by Crippen LogP contribution is 2.40. The molecule has 2 aromatic carbocycles. The Morgan fingerprint density at radius 2 is 2.00 bits per heavy atom. The van der Waals surface area contributed by atoms with E-state index in [4.69, 9.17) is 22.1 Å². The lowest BCUT2D eigenvalue weighted by molar-refractivity contribution is 0.0620. The molecule has 0 spiro atoms. The third-order valence-corrected chi connectivity index (χ3v) is 4.24. The second-order valence-electron chi connectivity index (χ2n) is 6.37. The van der Waals surface area contributed by atoms with E-state index in [0.717, 1.165) is 11.3 Å². The Morgan fingerprint density at radius 1 is 1.29 bits per heavy atom. The number of nitrogen functional groups attached to an aromatic ring is 1. The van der Waals surface area contributed by atoms with Crippen LogP contribution in [0.4, 0.5) is 5.69 Å². The maximum absolute atomic E-state index is 12.6. The molecule has 2 aromatic rings. The third kappa shape index (κ3) is 3.77. The van der Waals surface area contributed by atoms with Gasteiger partial charge in [-0.3, -0.25) is 4.79 Å². The Balaban J connectivity index is 0.00000208. The monoisotopic (exact) mass is 366 g/mol. The molecule has 1 amide bonds. The minimum Gasteiger partial charge on any atom is -0.487 e. The molecule has 0 bridgehead atoms. The molecular formula is C18H20Cl2N2O2. The van der Waals surface area contributed by atoms with Crippen molar-refractivity contribution in [2.45, 2.75) is 31.9 Å². The Hall–Kier alpha value is -1.91. The minimum absolute atomic E-state index is 0. The number of ether oxygens (including phenoxy) is 1. The maximum atomic E-state index is 12.6. The number of amides is 1. The molecule has 6 heteroatoms. The van der Waals surface area contributed by atoms with E-state index in [0.29, 0.717) is 22.7 Å². The summed E-state index contributed by atoms with van der Waals surface area (Å²) in [5.74, 6) is 0.548. The number of carbonyl (C=O) groups excluding carboxylic acids is 1. The van der Waals surface area contributed by atoms with E-state index in [2.05, 4.69) is 5.32 Å². The first-order valence-corrected chi connectivity index (χ1v) is 7.87. The Labute approximate surface area is 152 Å². The van der Waals surface area contributed by atoms with Crippen LogP contribution >= 0.6 is 24.0 Å². The first kappa shape index (κ1) is 18.4. The van der Waals surface area contributed by atoms with Crippen molar-refractivity contribution in [3.8, 4) is 5.75 Å². The van der Waals surface area contributed by atoms with Crippen molar-refractivity contribution >= 4 is 35.6 Å². The van der Waals surface area contributed by atoms with Gasteiger partial charge in [0.15, 0.2) is 0 Å². The average molecular weight is 367 g/mol. The molecule has 24 heavy (non-hydrogen) atoms. The van der Waals surface area contributed by atoms with Gasteiger partial charge in [-0.15, -0.1) is 12.4 Å². The van der Waals surface area contributed by atoms with Crippen LogP contribution in [0.2, 0.25) is 5.02 Å². The van der Waals surface area contributed by atoms with Crippen molar-refractivity contribution in [2.75, 3.05) is 5.73 Å². The summed E-state index contributed by atoms with van der Waals surface area (Å²) >= 11 is 6.11. The fraction of sp³-hybridized carbons (Fsp3) is 0.278. The fourth-order valence-electron chi connectivity index (χ4n) is 2.88. The van der Waals surface area contributed by atoms with Gasteiger partial charge in [-0.1, -0.05) is 23.7 Å². The van der Waals surface area contributed by atoms with Gasteiger partial charge in [0.1, 0.15) is 11.4 Å². The van der Waals surface area contributed by atoms with Crippen molar-refractivity contribution in [1.29, 1.82) is 0 Å². The molecular weight excluding hydrogens is 347 g/mol. The molecule has 0 fully saturated rings. The molecule has 1 heterocycles. The number of nitrogens with one attached hydrogen (secondary N) is 1. The number of hydrogen-bond acceptors (Lipinski definition) is 3. The van der Waals surface area contributed by atoms with Gasteiger partial charge in [-0.2, -0.15) is 0 Å². The maximum Gasteiger partial charge on any atom is 0.253 e. The summed E-state index contributed by atoms with van der Waals surface area (Å²) in [6.45, 7) is 4.00. The van der Waals surface area contributed by atoms with Crippen molar-refractivity contribution in [2.24, 2.45) is 0 Å². The molecule has 0 saturated heterocycles. The first-order valence-electron chi connectivity index (χ1n) is 7.49. The van der Waals surface area contributed by atoms with Crippen LogP contribution in [0, 0.1) is 0 Å². The molecule has 1 atom stereocenters. The van der Waals surface area contributed by atoms with E-state index < -0.39 is 0 Å². The van der Waals surface area contributed by atoms with Crippen LogP contribution in [-0.2, 0) is 0 Å². The van der Waals surface area contributed by atoms with E-state index >= 15 is 0 Å². The minimum atomic E-state index is -0.373. The lowest BCUT2D eigenvalue weighted by Gasteiger charge is -2.38. The Kier molecular flexibility index (Phi) is 5.31. The van der Waals surface area contributed by atoms with E-state index in [9.17, 15) is 4.79 Å². The first-order chi connectivity index (χ1) is 10.9. The topological polar surface area (TPSA) is 64.4 Å². The van der Waals surface area contributed by atoms with Crippen molar-refractivity contribution < 1.29 is 9.53 Å². The summed E-state index contributed by atoms with van der Waals surface area (Å²) in [7, 11) is 0. The van der Waals surface area contributed by atoms with Gasteiger partial charge in [-0.05, 0) is 44.2 Å². The van der Waals surface area contributed by atoms with Gasteiger partial charge < -0.3 is 15.8 Å². The Bertz CT molecular complexity index is 762. The van der Waals surface area contributed by atoms with E-state index in [-0.39, 0.29) is 30.0 Å². The molecule has 0 aromatic heterocycles. The van der Waals surface area contributed by atoms with Crippen molar-refractivity contribution in [3.63, 3.8) is 0 Å². The second kappa shape index (κ2) is 6.91. The zero-order valence-electron chi connectivity index (χ0n) is 13.5. The van der Waals surface area contributed by atoms with Crippen LogP contribution in [0.5, 0.6) is 5.75 Å². The fourth-order valence-corrected chi connectivity index (χ4v) is 3.10. The number of benzene rings is 2. The molecule has 0 saturated carbocycles. The lowest BCUT2D eigenvalue weighted by atomic mass is 9.89. The quantitative estimate of drug-likeness (QED) is 0.775. The summed E-state index contributed by atoms with van der Waals surface area (Å²) in [5.41, 5.74) is 7.51. The van der Waals surface area contributed by atoms with Crippen LogP contribution in [0.3, 0.4) is 0 Å². The van der Waals surface area contributed by atoms with Gasteiger partial charge in [0, 0.05) is 17.7 Å². The summed E-state index contributed by atoms with van der Waals surface area (Å²) in [6, 6.07) is 12.3. The van der Waals surface area contributed by atoms with Crippen LogP contribution in [-0.4, -0.2) is 11.5 Å². The van der Waals surface area contributed by atoms with E-state index in [1.165, 1.54) is 0 Å². The van der Waals surface area contributed by atoms with Crippen molar-refractivity contribution in [3.05, 3.63) is 58.6 Å². The summed E-state index contributed by atoms with van der Waals surface area (Å²) < 4.78 is 5.98. The average Bonchev–Trinajstić information content (AvgIpc) is 2.47. The highest BCUT2D eigenvalue weighted by Gasteiger charge is 2.34. The Morgan fingerprint density at radius 3 is 2.71 bits per heavy atom. The van der Waals surface area contributed by atoms with Gasteiger partial charge in [0.25, 0.3) is 5.91 Å². The van der Waals surface area contributed by atoms with E-state index in [1.807, 2.05) is 26.0 Å². The zero-order valence-corrected chi connectivity index (χ0v) is 15.1. The van der Waals surface area contributed by atoms with Crippen LogP contribution < -0.4 is 15.8 Å². The number of rotatable bonds is 2. The molecule has 4 nitrogen and oxygen atoms in total. The zero-order chi connectivity index (χ0) is 16.6. The van der Waals surface area contributed by atoms with Gasteiger partial charge in [-0.25, -0.2) is 0 Å². The molecule has 1 unspecified atom stereocenters. The second-order valence-corrected chi connectivity index (χ2v) is 6.78. The van der Waals surface area contributed by atoms with Crippen molar-refractivity contribution in [1.82, 2.24) is 5.32 Å². The van der Waals surface area contributed by atoms with Crippen LogP contribution in [0.1, 0.15) is 42.2 Å². The highest BCUT2D eigenvalue weighted by molar-refractivity contribution is 6.33. The highest BCUT2D eigenvalue weighted by atomic mass is 35.5. The molecule has 1 aliphatic rings. The number of halogens is 2. The number of fused-ring (bicyclic) bond motifs is 1. The number of hydrogen-bond donors (Lipinski definition) is 2. The third-order valence-electron chi connectivity index (χ3n) is 3.92. The number of carbonyl (C=O) groups is 1.